The predicted octanol–water partition coefficient (Wildman–Crippen LogP) is 3.80. The van der Waals surface area contributed by atoms with Gasteiger partial charge in [-0.05, 0) is 83.4 Å². The van der Waals surface area contributed by atoms with Gasteiger partial charge in [-0.3, -0.25) is 33.9 Å². The van der Waals surface area contributed by atoms with Crippen LogP contribution in [-0.2, 0) is 19.5 Å². The van der Waals surface area contributed by atoms with E-state index in [4.69, 9.17) is 30.9 Å². The lowest BCUT2D eigenvalue weighted by Crippen LogP contribution is -2.21. The number of carbonyl (C=O) groups is 4. The highest BCUT2D eigenvalue weighted by molar-refractivity contribution is 6.04. The molecule has 2 aromatic carbocycles. The fourth-order valence-electron chi connectivity index (χ4n) is 8.18. The number of ketones is 1. The molecule has 2 unspecified atom stereocenters. The molecule has 19 nitrogen and oxygen atoms in total. The molecule has 4 heterocycles. The van der Waals surface area contributed by atoms with Gasteiger partial charge in [-0.15, -0.1) is 0 Å². The molecule has 0 spiro atoms. The van der Waals surface area contributed by atoms with Crippen molar-refractivity contribution in [2.75, 3.05) is 31.7 Å². The van der Waals surface area contributed by atoms with E-state index in [1.165, 1.54) is 6.07 Å². The quantitative estimate of drug-likeness (QED) is 0.0577. The van der Waals surface area contributed by atoms with Crippen LogP contribution >= 0.6 is 0 Å². The molecule has 4 aromatic heterocycles. The number of rotatable bonds is 19. The Bertz CT molecular complexity index is 2460. The maximum Gasteiger partial charge on any atom is 0.276 e. The molecule has 19 heteroatoms. The van der Waals surface area contributed by atoms with E-state index in [1.807, 2.05) is 29.9 Å². The van der Waals surface area contributed by atoms with Crippen LogP contribution in [0.4, 0.5) is 5.95 Å². The summed E-state index contributed by atoms with van der Waals surface area (Å²) < 4.78 is 19.5. The predicted molar refractivity (Wildman–Crippen MR) is 224 cm³/mol. The number of Topliss-reactive ketones (excluding diaryl/α,β-unsaturated/α-hetero) is 1. The van der Waals surface area contributed by atoms with Crippen LogP contribution in [0.15, 0.2) is 36.4 Å². The van der Waals surface area contributed by atoms with E-state index in [1.54, 1.807) is 46.6 Å². The van der Waals surface area contributed by atoms with Crippen molar-refractivity contribution >= 4 is 51.5 Å². The van der Waals surface area contributed by atoms with Crippen molar-refractivity contribution in [2.24, 2.45) is 11.5 Å². The second-order valence-corrected chi connectivity index (χ2v) is 15.1. The number of amides is 3. The number of hydrogen-bond donors (Lipinski definition) is 5. The molecule has 1 aliphatic rings. The van der Waals surface area contributed by atoms with Crippen molar-refractivity contribution in [2.45, 2.75) is 91.4 Å². The van der Waals surface area contributed by atoms with Crippen LogP contribution in [0.3, 0.4) is 0 Å². The molecule has 3 amide bonds. The van der Waals surface area contributed by atoms with Gasteiger partial charge in [0.05, 0.1) is 42.1 Å². The van der Waals surface area contributed by atoms with Crippen LogP contribution in [0.1, 0.15) is 117 Å². The third-order valence-electron chi connectivity index (χ3n) is 10.8. The van der Waals surface area contributed by atoms with Crippen molar-refractivity contribution in [3.63, 3.8) is 0 Å². The standard InChI is InChI=1S/C42H51N11O8/c1-5-50-31(15-23(3)48-50)33(56)22-36-45-29-17-25(39(43)57)19-34(60-13-7-11-54)37(29)52(36)27-9-10-28(21-27)53-38-30(18-26(40(44)58)20-35(38)61-14-8-12-55)46-42(53)47-41(59)32-16-24(4)49-51(32)6-2/h15-20,27-28,54-55H,5-14,21-22H2,1-4H3,(H2,43,57)(H2,44,58)(H,46,47,59). The Labute approximate surface area is 350 Å². The number of nitrogens with zero attached hydrogens (tertiary/aromatic N) is 8. The number of nitrogens with one attached hydrogen (secondary N) is 1. The third kappa shape index (κ3) is 8.56. The summed E-state index contributed by atoms with van der Waals surface area (Å²) in [6.07, 6.45) is 2.13. The van der Waals surface area contributed by atoms with E-state index < -0.39 is 17.7 Å². The zero-order valence-electron chi connectivity index (χ0n) is 34.7. The average molecular weight is 838 g/mol. The Hall–Kier alpha value is -6.60. The van der Waals surface area contributed by atoms with Gasteiger partial charge < -0.3 is 40.3 Å². The largest absolute Gasteiger partial charge is 0.491 e. The number of fused-ring (bicyclic) bond motifs is 2. The lowest BCUT2D eigenvalue weighted by molar-refractivity contribution is 0.0974. The molecule has 6 aromatic rings. The number of imidazole rings is 2. The zero-order chi connectivity index (χ0) is 43.5. The summed E-state index contributed by atoms with van der Waals surface area (Å²) in [5.74, 6) is -0.754. The van der Waals surface area contributed by atoms with Gasteiger partial charge in [0, 0.05) is 62.4 Å². The highest BCUT2D eigenvalue weighted by Gasteiger charge is 2.35. The molecule has 0 bridgehead atoms. The maximum atomic E-state index is 14.1. The van der Waals surface area contributed by atoms with E-state index in [9.17, 15) is 29.4 Å². The van der Waals surface area contributed by atoms with Crippen molar-refractivity contribution in [1.29, 1.82) is 0 Å². The van der Waals surface area contributed by atoms with Crippen LogP contribution in [0, 0.1) is 13.8 Å². The molecule has 0 aliphatic heterocycles. The van der Waals surface area contributed by atoms with E-state index in [0.29, 0.717) is 107 Å². The van der Waals surface area contributed by atoms with Crippen LogP contribution in [0.25, 0.3) is 22.1 Å². The second kappa shape index (κ2) is 17.9. The first-order valence-electron chi connectivity index (χ1n) is 20.5. The molecule has 322 valence electrons. The minimum absolute atomic E-state index is 0.0957. The Kier molecular flexibility index (Phi) is 12.5. The number of aromatic nitrogens is 8. The van der Waals surface area contributed by atoms with Crippen molar-refractivity contribution < 1.29 is 38.9 Å². The minimum Gasteiger partial charge on any atom is -0.491 e. The number of benzene rings is 2. The number of hydrogen-bond acceptors (Lipinski definition) is 12. The zero-order valence-corrected chi connectivity index (χ0v) is 34.7. The summed E-state index contributed by atoms with van der Waals surface area (Å²) >= 11 is 0. The van der Waals surface area contributed by atoms with Gasteiger partial charge in [-0.1, -0.05) is 0 Å². The highest BCUT2D eigenvalue weighted by atomic mass is 16.5. The summed E-state index contributed by atoms with van der Waals surface area (Å²) in [4.78, 5) is 62.9. The van der Waals surface area contributed by atoms with Gasteiger partial charge in [0.2, 0.25) is 17.8 Å². The van der Waals surface area contributed by atoms with Gasteiger partial charge in [0.15, 0.2) is 5.78 Å². The molecule has 1 saturated carbocycles. The lowest BCUT2D eigenvalue weighted by Gasteiger charge is -2.21. The van der Waals surface area contributed by atoms with Gasteiger partial charge in [0.25, 0.3) is 5.91 Å². The van der Waals surface area contributed by atoms with Crippen LogP contribution in [0.5, 0.6) is 11.5 Å². The summed E-state index contributed by atoms with van der Waals surface area (Å²) in [6.45, 7) is 8.41. The number of ether oxygens (including phenoxy) is 2. The van der Waals surface area contributed by atoms with E-state index in [0.717, 1.165) is 0 Å². The van der Waals surface area contributed by atoms with Crippen molar-refractivity contribution in [3.8, 4) is 11.5 Å². The highest BCUT2D eigenvalue weighted by Crippen LogP contribution is 2.46. The van der Waals surface area contributed by atoms with Gasteiger partial charge in [0.1, 0.15) is 39.7 Å². The van der Waals surface area contributed by atoms with Gasteiger partial charge in [-0.2, -0.15) is 10.2 Å². The second-order valence-electron chi connectivity index (χ2n) is 15.1. The van der Waals surface area contributed by atoms with Gasteiger partial charge >= 0.3 is 0 Å². The normalized spacial score (nSPS) is 15.2. The first kappa shape index (κ1) is 42.5. The maximum absolute atomic E-state index is 14.1. The molecule has 1 fully saturated rings. The Morgan fingerprint density at radius 2 is 1.25 bits per heavy atom. The summed E-state index contributed by atoms with van der Waals surface area (Å²) in [5.41, 5.74) is 15.8. The minimum atomic E-state index is -0.694. The van der Waals surface area contributed by atoms with E-state index in [2.05, 4.69) is 15.5 Å². The fraction of sp³-hybridized carbons (Fsp3) is 0.429. The summed E-state index contributed by atoms with van der Waals surface area (Å²) in [7, 11) is 0. The first-order valence-corrected chi connectivity index (χ1v) is 20.5. The van der Waals surface area contributed by atoms with E-state index >= 15 is 0 Å². The first-order chi connectivity index (χ1) is 29.3. The van der Waals surface area contributed by atoms with Crippen molar-refractivity contribution in [3.05, 3.63) is 76.1 Å². The molecule has 2 atom stereocenters. The Morgan fingerprint density at radius 3 is 1.79 bits per heavy atom. The molecule has 1 aliphatic carbocycles. The lowest BCUT2D eigenvalue weighted by atomic mass is 10.1. The molecule has 0 saturated heterocycles. The monoisotopic (exact) mass is 837 g/mol. The molecule has 7 rings (SSSR count). The third-order valence-corrected chi connectivity index (χ3v) is 10.8. The van der Waals surface area contributed by atoms with Crippen LogP contribution in [0.2, 0.25) is 0 Å². The molecule has 7 N–H and O–H groups in total. The molecular weight excluding hydrogens is 787 g/mol. The molecule has 61 heavy (non-hydrogen) atoms. The topological polar surface area (TPSA) is 263 Å². The number of aryl methyl sites for hydroxylation is 4. The number of aliphatic hydroxyl groups excluding tert-OH is 2. The number of primary amides is 2. The number of carbonyl (C=O) groups excluding carboxylic acids is 4. The Balaban J connectivity index is 1.37. The number of anilines is 1. The fourth-order valence-corrected chi connectivity index (χ4v) is 8.18. The van der Waals surface area contributed by atoms with E-state index in [-0.39, 0.29) is 67.8 Å². The number of aliphatic hydroxyl groups is 2. The Morgan fingerprint density at radius 1 is 0.738 bits per heavy atom. The SMILES string of the molecule is CCn1nc(C)cc1C(=O)Cc1nc2cc(C(N)=O)cc(OCCCO)c2n1C1CCC(n2c(NC(=O)c3cc(C)nn3CC)nc3cc(C(N)=O)cc(OCCCO)c32)C1. The molecule has 0 radical (unpaired) electrons. The summed E-state index contributed by atoms with van der Waals surface area (Å²) in [6, 6.07) is 9.03. The van der Waals surface area contributed by atoms with Crippen LogP contribution < -0.4 is 26.3 Å². The number of nitrogens with two attached hydrogens (primary N) is 2. The van der Waals surface area contributed by atoms with Gasteiger partial charge in [-0.25, -0.2) is 9.97 Å². The van der Waals surface area contributed by atoms with Crippen LogP contribution in [-0.4, -0.2) is 98.8 Å². The molecular formula is C42H51N11O8. The smallest absolute Gasteiger partial charge is 0.276 e. The van der Waals surface area contributed by atoms with Crippen molar-refractivity contribution in [1.82, 2.24) is 38.7 Å². The average Bonchev–Trinajstić information content (AvgIpc) is 4.06. The summed E-state index contributed by atoms with van der Waals surface area (Å²) in [5, 5.41) is 31.1.